The van der Waals surface area contributed by atoms with Crippen LogP contribution in [0.4, 0.5) is 0 Å². The van der Waals surface area contributed by atoms with Crippen molar-refractivity contribution in [1.29, 1.82) is 0 Å². The molecule has 1 saturated carbocycles. The van der Waals surface area contributed by atoms with E-state index in [0.29, 0.717) is 35.6 Å². The van der Waals surface area contributed by atoms with Gasteiger partial charge in [0.25, 0.3) is 0 Å². The molecular formula is C28H50N2O. The molecule has 178 valence electrons. The number of carbonyl (C=O) groups is 1. The monoisotopic (exact) mass is 430 g/mol. The highest BCUT2D eigenvalue weighted by molar-refractivity contribution is 5.76. The van der Waals surface area contributed by atoms with Crippen molar-refractivity contribution in [1.82, 2.24) is 9.80 Å². The third kappa shape index (κ3) is 6.36. The SMILES string of the molecule is CC(CC(=O)N(CCCN1CCCCC1C)CC1=CCC2CC1C2(C)C)CC(C)(C)C. The molecule has 0 aromatic carbocycles. The van der Waals surface area contributed by atoms with Crippen LogP contribution in [0.1, 0.15) is 99.8 Å². The van der Waals surface area contributed by atoms with Crippen LogP contribution < -0.4 is 0 Å². The zero-order chi connectivity index (χ0) is 22.8. The summed E-state index contributed by atoms with van der Waals surface area (Å²) in [5, 5.41) is 0. The zero-order valence-electron chi connectivity index (χ0n) is 21.7. The molecule has 3 aliphatic carbocycles. The summed E-state index contributed by atoms with van der Waals surface area (Å²) < 4.78 is 0. The summed E-state index contributed by atoms with van der Waals surface area (Å²) in [5.41, 5.74) is 2.27. The minimum absolute atomic E-state index is 0.284. The van der Waals surface area contributed by atoms with Crippen molar-refractivity contribution in [2.75, 3.05) is 26.2 Å². The number of likely N-dealkylation sites (tertiary alicyclic amines) is 1. The van der Waals surface area contributed by atoms with Crippen molar-refractivity contribution in [3.63, 3.8) is 0 Å². The number of nitrogens with zero attached hydrogens (tertiary/aromatic N) is 2. The Morgan fingerprint density at radius 2 is 2.03 bits per heavy atom. The van der Waals surface area contributed by atoms with E-state index >= 15 is 0 Å². The van der Waals surface area contributed by atoms with E-state index in [9.17, 15) is 4.79 Å². The van der Waals surface area contributed by atoms with Gasteiger partial charge >= 0.3 is 0 Å². The fraction of sp³-hybridized carbons (Fsp3) is 0.893. The van der Waals surface area contributed by atoms with E-state index in [-0.39, 0.29) is 5.41 Å². The predicted molar refractivity (Wildman–Crippen MR) is 132 cm³/mol. The summed E-state index contributed by atoms with van der Waals surface area (Å²) in [4.78, 5) is 18.3. The second kappa shape index (κ2) is 9.98. The molecule has 1 amide bonds. The number of carbonyl (C=O) groups excluding carboxylic acids is 1. The first-order chi connectivity index (χ1) is 14.5. The summed E-state index contributed by atoms with van der Waals surface area (Å²) >= 11 is 0. The Labute approximate surface area is 193 Å². The van der Waals surface area contributed by atoms with Gasteiger partial charge in [-0.2, -0.15) is 0 Å². The van der Waals surface area contributed by atoms with Gasteiger partial charge in [0.2, 0.25) is 5.91 Å². The zero-order valence-corrected chi connectivity index (χ0v) is 21.7. The fourth-order valence-electron chi connectivity index (χ4n) is 6.67. The van der Waals surface area contributed by atoms with Gasteiger partial charge in [0, 0.05) is 32.1 Å². The van der Waals surface area contributed by atoms with Crippen LogP contribution in [0.25, 0.3) is 0 Å². The first-order valence-electron chi connectivity index (χ1n) is 13.2. The molecule has 4 aliphatic rings. The van der Waals surface area contributed by atoms with Gasteiger partial charge < -0.3 is 9.80 Å². The Bertz CT molecular complexity index is 644. The standard InChI is InChI=1S/C28H50N2O/c1-21(19-27(3,4)5)17-26(31)30(16-10-15-29-14-9-8-11-22(29)2)20-23-12-13-24-18-25(23)28(24,6)7/h12,21-22,24-25H,8-11,13-20H2,1-7H3. The summed E-state index contributed by atoms with van der Waals surface area (Å²) in [6.45, 7) is 20.5. The maximum absolute atomic E-state index is 13.4. The lowest BCUT2D eigenvalue weighted by molar-refractivity contribution is -0.132. The van der Waals surface area contributed by atoms with Crippen molar-refractivity contribution < 1.29 is 4.79 Å². The van der Waals surface area contributed by atoms with Crippen LogP contribution in [-0.2, 0) is 4.79 Å². The van der Waals surface area contributed by atoms with Gasteiger partial charge in [-0.25, -0.2) is 0 Å². The molecule has 2 fully saturated rings. The Balaban J connectivity index is 1.60. The lowest BCUT2D eigenvalue weighted by Gasteiger charge is -2.57. The van der Waals surface area contributed by atoms with E-state index in [0.717, 1.165) is 38.4 Å². The molecule has 1 aliphatic heterocycles. The maximum atomic E-state index is 13.4. The molecule has 3 heteroatoms. The Morgan fingerprint density at radius 1 is 1.29 bits per heavy atom. The van der Waals surface area contributed by atoms with E-state index in [1.54, 1.807) is 5.57 Å². The largest absolute Gasteiger partial charge is 0.339 e. The second-order valence-corrected chi connectivity index (χ2v) is 12.9. The predicted octanol–water partition coefficient (Wildman–Crippen LogP) is 6.53. The van der Waals surface area contributed by atoms with Gasteiger partial charge in [-0.3, -0.25) is 4.79 Å². The molecule has 3 nitrogen and oxygen atoms in total. The molecular weight excluding hydrogens is 380 g/mol. The molecule has 0 N–H and O–H groups in total. The number of rotatable bonds is 9. The summed E-state index contributed by atoms with van der Waals surface area (Å²) in [6.07, 6.45) is 12.0. The van der Waals surface area contributed by atoms with E-state index in [2.05, 4.69) is 64.3 Å². The van der Waals surface area contributed by atoms with Crippen LogP contribution in [0.15, 0.2) is 11.6 Å². The van der Waals surface area contributed by atoms with Gasteiger partial charge in [0.05, 0.1) is 0 Å². The average Bonchev–Trinajstić information content (AvgIpc) is 2.67. The molecule has 4 rings (SSSR count). The molecule has 0 radical (unpaired) electrons. The number of allylic oxidation sites excluding steroid dienone is 1. The van der Waals surface area contributed by atoms with Gasteiger partial charge in [-0.15, -0.1) is 0 Å². The first kappa shape index (κ1) is 24.8. The van der Waals surface area contributed by atoms with E-state index in [4.69, 9.17) is 0 Å². The highest BCUT2D eigenvalue weighted by Gasteiger charge is 2.51. The van der Waals surface area contributed by atoms with Crippen molar-refractivity contribution in [2.24, 2.45) is 28.6 Å². The fourth-order valence-corrected chi connectivity index (χ4v) is 6.67. The highest BCUT2D eigenvalue weighted by atomic mass is 16.2. The Morgan fingerprint density at radius 3 is 2.65 bits per heavy atom. The molecule has 1 saturated heterocycles. The van der Waals surface area contributed by atoms with Crippen LogP contribution in [0.3, 0.4) is 0 Å². The smallest absolute Gasteiger partial charge is 0.223 e. The van der Waals surface area contributed by atoms with Gasteiger partial charge in [-0.1, -0.05) is 59.6 Å². The molecule has 31 heavy (non-hydrogen) atoms. The minimum atomic E-state index is 0.284. The molecule has 0 aromatic rings. The van der Waals surface area contributed by atoms with Crippen LogP contribution in [0, 0.1) is 28.6 Å². The van der Waals surface area contributed by atoms with Gasteiger partial charge in [0.15, 0.2) is 0 Å². The molecule has 2 bridgehead atoms. The first-order valence-corrected chi connectivity index (χ1v) is 13.2. The van der Waals surface area contributed by atoms with Crippen LogP contribution in [-0.4, -0.2) is 47.9 Å². The van der Waals surface area contributed by atoms with E-state index < -0.39 is 0 Å². The minimum Gasteiger partial charge on any atom is -0.339 e. The Hall–Kier alpha value is -0.830. The van der Waals surface area contributed by atoms with Crippen molar-refractivity contribution >= 4 is 5.91 Å². The van der Waals surface area contributed by atoms with Crippen LogP contribution >= 0.6 is 0 Å². The van der Waals surface area contributed by atoms with E-state index in [1.807, 2.05) is 0 Å². The highest BCUT2D eigenvalue weighted by Crippen LogP contribution is 2.59. The van der Waals surface area contributed by atoms with Crippen molar-refractivity contribution in [3.05, 3.63) is 11.6 Å². The van der Waals surface area contributed by atoms with Crippen molar-refractivity contribution in [3.8, 4) is 0 Å². The normalized spacial score (nSPS) is 29.1. The summed E-state index contributed by atoms with van der Waals surface area (Å²) in [5.74, 6) is 2.37. The number of hydrogen-bond acceptors (Lipinski definition) is 2. The summed E-state index contributed by atoms with van der Waals surface area (Å²) in [7, 11) is 0. The number of fused-ring (bicyclic) bond motifs is 1. The molecule has 4 unspecified atom stereocenters. The van der Waals surface area contributed by atoms with Crippen molar-refractivity contribution in [2.45, 2.75) is 106 Å². The van der Waals surface area contributed by atoms with Crippen LogP contribution in [0.5, 0.6) is 0 Å². The average molecular weight is 431 g/mol. The Kier molecular flexibility index (Phi) is 7.98. The van der Waals surface area contributed by atoms with E-state index in [1.165, 1.54) is 38.6 Å². The third-order valence-electron chi connectivity index (χ3n) is 8.61. The summed E-state index contributed by atoms with van der Waals surface area (Å²) in [6, 6.07) is 0.707. The third-order valence-corrected chi connectivity index (χ3v) is 8.61. The second-order valence-electron chi connectivity index (χ2n) is 12.9. The lowest BCUT2D eigenvalue weighted by atomic mass is 9.49. The number of hydrogen-bond donors (Lipinski definition) is 0. The lowest BCUT2D eigenvalue weighted by Crippen LogP contribution is -2.50. The molecule has 4 atom stereocenters. The molecule has 0 spiro atoms. The topological polar surface area (TPSA) is 23.6 Å². The molecule has 0 aromatic heterocycles. The number of amides is 1. The molecule has 1 heterocycles. The maximum Gasteiger partial charge on any atom is 0.223 e. The quantitative estimate of drug-likeness (QED) is 0.388. The van der Waals surface area contributed by atoms with Gasteiger partial charge in [0.1, 0.15) is 0 Å². The van der Waals surface area contributed by atoms with Gasteiger partial charge in [-0.05, 0) is 80.6 Å². The number of piperidine rings is 1. The van der Waals surface area contributed by atoms with Crippen LogP contribution in [0.2, 0.25) is 0 Å².